The first-order chi connectivity index (χ1) is 9.35. The van der Waals surface area contributed by atoms with E-state index < -0.39 is 0 Å². The molecule has 0 aliphatic rings. The van der Waals surface area contributed by atoms with Crippen LogP contribution in [0.4, 0.5) is 0 Å². The zero-order valence-electron chi connectivity index (χ0n) is 11.8. The molecule has 1 aromatic carbocycles. The predicted molar refractivity (Wildman–Crippen MR) is 83.4 cm³/mol. The van der Waals surface area contributed by atoms with Crippen LogP contribution in [0.1, 0.15) is 26.7 Å². The highest BCUT2D eigenvalue weighted by molar-refractivity contribution is 6.36. The number of hydrogen-bond donors (Lipinski definition) is 1. The normalized spacial score (nSPS) is 11.8. The maximum atomic E-state index is 6.15. The molecule has 20 heavy (non-hydrogen) atoms. The number of nitrogens with one attached hydrogen (secondary N) is 1. The van der Waals surface area contributed by atoms with Gasteiger partial charge in [-0.3, -0.25) is 0 Å². The second-order valence-electron chi connectivity index (χ2n) is 5.67. The zero-order valence-corrected chi connectivity index (χ0v) is 13.3. The predicted octanol–water partition coefficient (Wildman–Crippen LogP) is 4.58. The van der Waals surface area contributed by atoms with E-state index >= 15 is 0 Å². The van der Waals surface area contributed by atoms with Gasteiger partial charge in [-0.25, -0.2) is 4.98 Å². The number of nitrogens with zero attached hydrogens (tertiary/aromatic N) is 1. The molecule has 0 spiro atoms. The fourth-order valence-corrected chi connectivity index (χ4v) is 2.29. The van der Waals surface area contributed by atoms with Crippen molar-refractivity contribution >= 4 is 23.2 Å². The topological polar surface area (TPSA) is 38.1 Å². The molecule has 1 heterocycles. The number of halogens is 2. The third-order valence-corrected chi connectivity index (χ3v) is 3.29. The minimum Gasteiger partial charge on any atom is -0.441 e. The number of hydrogen-bond acceptors (Lipinski definition) is 3. The fraction of sp³-hybridized carbons (Fsp3) is 0.400. The second kappa shape index (κ2) is 6.17. The van der Waals surface area contributed by atoms with Crippen LogP contribution in [0, 0.1) is 0 Å². The van der Waals surface area contributed by atoms with Crippen LogP contribution >= 0.6 is 23.2 Å². The Morgan fingerprint density at radius 2 is 2.00 bits per heavy atom. The van der Waals surface area contributed by atoms with Crippen molar-refractivity contribution in [3.63, 3.8) is 0 Å². The fourth-order valence-electron chi connectivity index (χ4n) is 1.78. The van der Waals surface area contributed by atoms with Crippen molar-refractivity contribution in [1.29, 1.82) is 0 Å². The van der Waals surface area contributed by atoms with Gasteiger partial charge in [0.15, 0.2) is 11.7 Å². The average Bonchev–Trinajstić information content (AvgIpc) is 2.75. The zero-order chi connectivity index (χ0) is 14.8. The van der Waals surface area contributed by atoms with Crippen molar-refractivity contribution in [3.8, 4) is 11.3 Å². The van der Waals surface area contributed by atoms with Gasteiger partial charge in [0.25, 0.3) is 0 Å². The number of rotatable bonds is 4. The molecule has 2 rings (SSSR count). The second-order valence-corrected chi connectivity index (χ2v) is 6.51. The molecular weight excluding hydrogens is 295 g/mol. The Bertz CT molecular complexity index is 588. The molecule has 5 heteroatoms. The lowest BCUT2D eigenvalue weighted by Crippen LogP contribution is -2.37. The summed E-state index contributed by atoms with van der Waals surface area (Å²) in [5.41, 5.74) is 0.896. The van der Waals surface area contributed by atoms with Crippen molar-refractivity contribution in [2.75, 3.05) is 6.54 Å². The SMILES string of the molecule is CC(C)(C)NCCc1ncc(-c2ccc(Cl)cc2Cl)o1. The summed E-state index contributed by atoms with van der Waals surface area (Å²) in [6.07, 6.45) is 2.43. The lowest BCUT2D eigenvalue weighted by atomic mass is 10.1. The maximum Gasteiger partial charge on any atom is 0.196 e. The number of aromatic nitrogens is 1. The first-order valence-corrected chi connectivity index (χ1v) is 7.26. The molecule has 2 aromatic rings. The van der Waals surface area contributed by atoms with E-state index in [1.54, 1.807) is 18.3 Å². The summed E-state index contributed by atoms with van der Waals surface area (Å²) in [7, 11) is 0. The third kappa shape index (κ3) is 4.23. The lowest BCUT2D eigenvalue weighted by Gasteiger charge is -2.19. The van der Waals surface area contributed by atoms with Crippen LogP contribution in [0.5, 0.6) is 0 Å². The standard InChI is InChI=1S/C15H18Cl2N2O/c1-15(2,3)19-7-6-14-18-9-13(20-14)11-5-4-10(16)8-12(11)17/h4-5,8-9,19H,6-7H2,1-3H3. The molecule has 0 fully saturated rings. The Hall–Kier alpha value is -1.03. The minimum atomic E-state index is 0.0922. The van der Waals surface area contributed by atoms with Gasteiger partial charge in [-0.05, 0) is 39.0 Å². The summed E-state index contributed by atoms with van der Waals surface area (Å²) in [4.78, 5) is 4.28. The van der Waals surface area contributed by atoms with Crippen LogP contribution < -0.4 is 5.32 Å². The molecule has 0 aliphatic heterocycles. The first-order valence-electron chi connectivity index (χ1n) is 6.50. The largest absolute Gasteiger partial charge is 0.441 e. The molecule has 0 radical (unpaired) electrons. The highest BCUT2D eigenvalue weighted by Crippen LogP contribution is 2.30. The molecule has 0 bridgehead atoms. The highest BCUT2D eigenvalue weighted by Gasteiger charge is 2.12. The summed E-state index contributed by atoms with van der Waals surface area (Å²) in [5.74, 6) is 1.36. The van der Waals surface area contributed by atoms with E-state index in [-0.39, 0.29) is 5.54 Å². The van der Waals surface area contributed by atoms with Gasteiger partial charge in [-0.2, -0.15) is 0 Å². The van der Waals surface area contributed by atoms with E-state index in [4.69, 9.17) is 27.6 Å². The van der Waals surface area contributed by atoms with Crippen LogP contribution in [0.15, 0.2) is 28.8 Å². The molecular formula is C15H18Cl2N2O. The molecule has 0 amide bonds. The van der Waals surface area contributed by atoms with E-state index in [0.29, 0.717) is 21.7 Å². The van der Waals surface area contributed by atoms with Crippen molar-refractivity contribution in [2.45, 2.75) is 32.7 Å². The third-order valence-electron chi connectivity index (χ3n) is 2.74. The molecule has 0 unspecified atom stereocenters. The molecule has 0 saturated heterocycles. The van der Waals surface area contributed by atoms with Gasteiger partial charge in [-0.15, -0.1) is 0 Å². The Labute approximate surface area is 129 Å². The van der Waals surface area contributed by atoms with Gasteiger partial charge in [0.2, 0.25) is 0 Å². The van der Waals surface area contributed by atoms with Gasteiger partial charge in [0.05, 0.1) is 11.2 Å². The Kier molecular flexibility index (Phi) is 4.74. The number of benzene rings is 1. The van der Waals surface area contributed by atoms with Crippen molar-refractivity contribution in [1.82, 2.24) is 10.3 Å². The summed E-state index contributed by atoms with van der Waals surface area (Å²) in [6, 6.07) is 5.32. The smallest absolute Gasteiger partial charge is 0.196 e. The van der Waals surface area contributed by atoms with E-state index in [1.807, 2.05) is 6.07 Å². The van der Waals surface area contributed by atoms with Gasteiger partial charge >= 0.3 is 0 Å². The quantitative estimate of drug-likeness (QED) is 0.898. The molecule has 1 N–H and O–H groups in total. The number of oxazole rings is 1. The van der Waals surface area contributed by atoms with Gasteiger partial charge in [0.1, 0.15) is 0 Å². The summed E-state index contributed by atoms with van der Waals surface area (Å²) in [5, 5.41) is 4.56. The van der Waals surface area contributed by atoms with Crippen molar-refractivity contribution in [3.05, 3.63) is 40.3 Å². The lowest BCUT2D eigenvalue weighted by molar-refractivity contribution is 0.412. The minimum absolute atomic E-state index is 0.0922. The molecule has 0 aliphatic carbocycles. The van der Waals surface area contributed by atoms with Gasteiger partial charge in [0, 0.05) is 29.1 Å². The van der Waals surface area contributed by atoms with Crippen LogP contribution in [0.2, 0.25) is 10.0 Å². The monoisotopic (exact) mass is 312 g/mol. The van der Waals surface area contributed by atoms with Crippen LogP contribution in [-0.2, 0) is 6.42 Å². The summed E-state index contributed by atoms with van der Waals surface area (Å²) < 4.78 is 5.73. The van der Waals surface area contributed by atoms with E-state index in [9.17, 15) is 0 Å². The van der Waals surface area contributed by atoms with Gasteiger partial charge in [-0.1, -0.05) is 23.2 Å². The molecule has 0 saturated carbocycles. The Morgan fingerprint density at radius 1 is 1.25 bits per heavy atom. The van der Waals surface area contributed by atoms with Crippen molar-refractivity contribution in [2.24, 2.45) is 0 Å². The summed E-state index contributed by atoms with van der Waals surface area (Å²) in [6.45, 7) is 7.20. The Balaban J connectivity index is 2.05. The van der Waals surface area contributed by atoms with Gasteiger partial charge < -0.3 is 9.73 Å². The highest BCUT2D eigenvalue weighted by atomic mass is 35.5. The molecule has 0 atom stereocenters. The Morgan fingerprint density at radius 3 is 2.65 bits per heavy atom. The molecule has 1 aromatic heterocycles. The maximum absolute atomic E-state index is 6.15. The first kappa shape index (κ1) is 15.4. The van der Waals surface area contributed by atoms with E-state index in [1.165, 1.54) is 0 Å². The van der Waals surface area contributed by atoms with Crippen LogP contribution in [-0.4, -0.2) is 17.1 Å². The van der Waals surface area contributed by atoms with Crippen molar-refractivity contribution < 1.29 is 4.42 Å². The molecule has 108 valence electrons. The van der Waals surface area contributed by atoms with Crippen LogP contribution in [0.25, 0.3) is 11.3 Å². The van der Waals surface area contributed by atoms with E-state index in [2.05, 4.69) is 31.1 Å². The molecule has 3 nitrogen and oxygen atoms in total. The average molecular weight is 313 g/mol. The van der Waals surface area contributed by atoms with E-state index in [0.717, 1.165) is 18.5 Å². The summed E-state index contributed by atoms with van der Waals surface area (Å²) >= 11 is 12.0. The van der Waals surface area contributed by atoms with Crippen LogP contribution in [0.3, 0.4) is 0 Å².